The number of pyridine rings is 1. The Morgan fingerprint density at radius 2 is 1.90 bits per heavy atom. The van der Waals surface area contributed by atoms with Gasteiger partial charge in [-0.3, -0.25) is 9.36 Å². The van der Waals surface area contributed by atoms with E-state index in [1.165, 1.54) is 36.2 Å². The molecule has 0 spiro atoms. The molecule has 1 amide bonds. The maximum absolute atomic E-state index is 13.4. The first kappa shape index (κ1) is 19.7. The molecule has 0 aliphatic heterocycles. The molecule has 2 heterocycles. The van der Waals surface area contributed by atoms with Crippen LogP contribution in [-0.4, -0.2) is 26.2 Å². The Labute approximate surface area is 179 Å². The topological polar surface area (TPSA) is 59.8 Å². The summed E-state index contributed by atoms with van der Waals surface area (Å²) in [5, 5.41) is 3.92. The Morgan fingerprint density at radius 1 is 1.14 bits per heavy atom. The summed E-state index contributed by atoms with van der Waals surface area (Å²) < 4.78 is 15.2. The molecule has 1 N–H and O–H groups in total. The number of hydrogen-bond donors (Lipinski definition) is 1. The van der Waals surface area contributed by atoms with Crippen molar-refractivity contribution in [2.45, 2.75) is 5.16 Å². The number of rotatable bonds is 5. The number of anilines is 1. The molecule has 0 aliphatic rings. The number of amides is 1. The number of nitrogens with zero attached hydrogens (tertiary/aromatic N) is 3. The van der Waals surface area contributed by atoms with Crippen molar-refractivity contribution < 1.29 is 9.18 Å². The van der Waals surface area contributed by atoms with E-state index in [9.17, 15) is 9.18 Å². The lowest BCUT2D eigenvalue weighted by atomic mass is 10.3. The highest BCUT2D eigenvalue weighted by atomic mass is 35.5. The van der Waals surface area contributed by atoms with Gasteiger partial charge >= 0.3 is 0 Å². The van der Waals surface area contributed by atoms with Gasteiger partial charge in [0.25, 0.3) is 0 Å². The molecular formula is C20H13Cl2FN4OS. The van der Waals surface area contributed by atoms with Gasteiger partial charge in [-0.25, -0.2) is 14.4 Å². The lowest BCUT2D eigenvalue weighted by molar-refractivity contribution is -0.113. The van der Waals surface area contributed by atoms with Crippen LogP contribution in [0.3, 0.4) is 0 Å². The van der Waals surface area contributed by atoms with E-state index in [1.807, 2.05) is 28.8 Å². The van der Waals surface area contributed by atoms with E-state index in [0.717, 1.165) is 16.7 Å². The van der Waals surface area contributed by atoms with Gasteiger partial charge in [-0.05, 0) is 42.5 Å². The first-order chi connectivity index (χ1) is 14.0. The number of thioether (sulfide) groups is 1. The first-order valence-electron chi connectivity index (χ1n) is 8.48. The molecule has 9 heteroatoms. The zero-order chi connectivity index (χ0) is 20.4. The molecule has 2 aromatic heterocycles. The molecule has 0 saturated heterocycles. The summed E-state index contributed by atoms with van der Waals surface area (Å²) >= 11 is 13.1. The highest BCUT2D eigenvalue weighted by Crippen LogP contribution is 2.28. The number of fused-ring (bicyclic) bond motifs is 1. The Hall–Kier alpha value is -2.61. The van der Waals surface area contributed by atoms with Crippen molar-refractivity contribution in [3.8, 4) is 5.69 Å². The average molecular weight is 447 g/mol. The second-order valence-corrected chi connectivity index (χ2v) is 7.80. The Morgan fingerprint density at radius 3 is 2.66 bits per heavy atom. The predicted molar refractivity (Wildman–Crippen MR) is 115 cm³/mol. The number of hydrogen-bond acceptors (Lipinski definition) is 4. The third kappa shape index (κ3) is 4.37. The summed E-state index contributed by atoms with van der Waals surface area (Å²) in [6.45, 7) is 0. The number of aromatic nitrogens is 3. The van der Waals surface area contributed by atoms with Crippen LogP contribution in [0.4, 0.5) is 10.2 Å². The maximum atomic E-state index is 13.4. The maximum Gasteiger partial charge on any atom is 0.236 e. The van der Waals surface area contributed by atoms with E-state index in [1.54, 1.807) is 12.1 Å². The molecular weight excluding hydrogens is 434 g/mol. The first-order valence-corrected chi connectivity index (χ1v) is 10.2. The second kappa shape index (κ2) is 8.41. The molecule has 4 rings (SSSR count). The number of carbonyl (C=O) groups excluding carboxylic acids is 1. The average Bonchev–Trinajstić information content (AvgIpc) is 3.08. The molecule has 0 atom stereocenters. The van der Waals surface area contributed by atoms with Crippen molar-refractivity contribution in [3.05, 3.63) is 76.7 Å². The number of halogens is 3. The van der Waals surface area contributed by atoms with Gasteiger partial charge in [0, 0.05) is 11.9 Å². The summed E-state index contributed by atoms with van der Waals surface area (Å²) in [6, 6.07) is 15.2. The largest absolute Gasteiger partial charge is 0.309 e. The lowest BCUT2D eigenvalue weighted by Crippen LogP contribution is -2.15. The number of benzene rings is 2. The van der Waals surface area contributed by atoms with Crippen LogP contribution in [0.2, 0.25) is 10.0 Å². The molecule has 4 aromatic rings. The molecule has 2 aromatic carbocycles. The minimum absolute atomic E-state index is 0.0884. The number of nitrogens with one attached hydrogen (secondary N) is 1. The van der Waals surface area contributed by atoms with Crippen LogP contribution in [0.15, 0.2) is 66.0 Å². The normalized spacial score (nSPS) is 11.0. The van der Waals surface area contributed by atoms with Gasteiger partial charge in [-0.2, -0.15) is 0 Å². The van der Waals surface area contributed by atoms with Crippen LogP contribution in [0.5, 0.6) is 0 Å². The number of imidazole rings is 1. The van der Waals surface area contributed by atoms with E-state index in [-0.39, 0.29) is 28.3 Å². The second-order valence-electron chi connectivity index (χ2n) is 6.02. The quantitative estimate of drug-likeness (QED) is 0.405. The summed E-state index contributed by atoms with van der Waals surface area (Å²) in [5.74, 6) is -0.275. The van der Waals surface area contributed by atoms with Crippen molar-refractivity contribution in [1.82, 2.24) is 14.5 Å². The van der Waals surface area contributed by atoms with Crippen molar-refractivity contribution >= 4 is 57.7 Å². The lowest BCUT2D eigenvalue weighted by Gasteiger charge is -2.09. The summed E-state index contributed by atoms with van der Waals surface area (Å²) in [7, 11) is 0. The molecule has 0 fully saturated rings. The molecule has 29 heavy (non-hydrogen) atoms. The summed E-state index contributed by atoms with van der Waals surface area (Å²) in [6.07, 6.45) is 1.41. The van der Waals surface area contributed by atoms with E-state index in [2.05, 4.69) is 15.3 Å². The van der Waals surface area contributed by atoms with Gasteiger partial charge in [0.1, 0.15) is 5.82 Å². The highest BCUT2D eigenvalue weighted by Gasteiger charge is 2.15. The molecule has 146 valence electrons. The van der Waals surface area contributed by atoms with Crippen LogP contribution in [0.1, 0.15) is 0 Å². The summed E-state index contributed by atoms with van der Waals surface area (Å²) in [4.78, 5) is 21.0. The monoisotopic (exact) mass is 446 g/mol. The standard InChI is InChI=1S/C20H13Cl2FN4OS/c21-12-9-15(22)19(24-10-12)26-18(28)11-29-20-25-16-3-1-2-4-17(16)27(20)14-7-5-13(23)6-8-14/h1-10H,11H2,(H,24,26,28). The van der Waals surface area contributed by atoms with E-state index in [0.29, 0.717) is 10.2 Å². The number of para-hydroxylation sites is 2. The van der Waals surface area contributed by atoms with Crippen molar-refractivity contribution in [1.29, 1.82) is 0 Å². The van der Waals surface area contributed by atoms with E-state index >= 15 is 0 Å². The molecule has 0 radical (unpaired) electrons. The van der Waals surface area contributed by atoms with E-state index < -0.39 is 0 Å². The zero-order valence-corrected chi connectivity index (χ0v) is 17.1. The van der Waals surface area contributed by atoms with Crippen LogP contribution >= 0.6 is 35.0 Å². The van der Waals surface area contributed by atoms with Gasteiger partial charge in [0.2, 0.25) is 5.91 Å². The highest BCUT2D eigenvalue weighted by molar-refractivity contribution is 7.99. The van der Waals surface area contributed by atoms with Gasteiger partial charge in [-0.1, -0.05) is 47.1 Å². The van der Waals surface area contributed by atoms with Gasteiger partial charge in [-0.15, -0.1) is 0 Å². The molecule has 0 saturated carbocycles. The van der Waals surface area contributed by atoms with Gasteiger partial charge in [0.15, 0.2) is 11.0 Å². The molecule has 0 bridgehead atoms. The SMILES string of the molecule is O=C(CSc1nc2ccccc2n1-c1ccc(F)cc1)Nc1ncc(Cl)cc1Cl. The number of carbonyl (C=O) groups is 1. The Kier molecular flexibility index (Phi) is 5.71. The fraction of sp³-hybridized carbons (Fsp3) is 0.0500. The molecule has 5 nitrogen and oxygen atoms in total. The smallest absolute Gasteiger partial charge is 0.236 e. The minimum atomic E-state index is -0.320. The van der Waals surface area contributed by atoms with E-state index in [4.69, 9.17) is 23.2 Å². The minimum Gasteiger partial charge on any atom is -0.309 e. The van der Waals surface area contributed by atoms with Crippen LogP contribution in [0, 0.1) is 5.82 Å². The van der Waals surface area contributed by atoms with Crippen molar-refractivity contribution in [3.63, 3.8) is 0 Å². The van der Waals surface area contributed by atoms with Crippen LogP contribution in [-0.2, 0) is 4.79 Å². The predicted octanol–water partition coefficient (Wildman–Crippen LogP) is 5.60. The van der Waals surface area contributed by atoms with Crippen LogP contribution < -0.4 is 5.32 Å². The zero-order valence-electron chi connectivity index (χ0n) is 14.8. The third-order valence-electron chi connectivity index (χ3n) is 4.01. The Bertz CT molecular complexity index is 1200. The Balaban J connectivity index is 1.58. The molecule has 0 unspecified atom stereocenters. The van der Waals surface area contributed by atoms with Crippen LogP contribution in [0.25, 0.3) is 16.7 Å². The fourth-order valence-corrected chi connectivity index (χ4v) is 4.00. The third-order valence-corrected chi connectivity index (χ3v) is 5.45. The van der Waals surface area contributed by atoms with Crippen molar-refractivity contribution in [2.24, 2.45) is 0 Å². The van der Waals surface area contributed by atoms with Crippen molar-refractivity contribution in [2.75, 3.05) is 11.1 Å². The summed E-state index contributed by atoms with van der Waals surface area (Å²) in [5.41, 5.74) is 2.40. The fourth-order valence-electron chi connectivity index (χ4n) is 2.75. The van der Waals surface area contributed by atoms with Gasteiger partial charge < -0.3 is 5.32 Å². The van der Waals surface area contributed by atoms with Gasteiger partial charge in [0.05, 0.1) is 26.8 Å². The molecule has 0 aliphatic carbocycles.